The van der Waals surface area contributed by atoms with E-state index in [0.29, 0.717) is 0 Å². The molecular formula is C21H18ClN. The normalized spacial score (nSPS) is 12.9. The third-order valence-electron chi connectivity index (χ3n) is 5.10. The summed E-state index contributed by atoms with van der Waals surface area (Å²) in [5.41, 5.74) is 6.73. The molecule has 0 spiro atoms. The van der Waals surface area contributed by atoms with E-state index in [4.69, 9.17) is 4.98 Å². The van der Waals surface area contributed by atoms with Gasteiger partial charge in [-0.15, -0.1) is 12.4 Å². The van der Waals surface area contributed by atoms with Crippen molar-refractivity contribution < 1.29 is 0 Å². The Balaban J connectivity index is 0.00000135. The maximum atomic E-state index is 5.02. The second-order valence-electron chi connectivity index (χ2n) is 6.23. The van der Waals surface area contributed by atoms with Gasteiger partial charge in [0.25, 0.3) is 0 Å². The summed E-state index contributed by atoms with van der Waals surface area (Å²) < 4.78 is 0. The summed E-state index contributed by atoms with van der Waals surface area (Å²) in [7, 11) is 0. The lowest BCUT2D eigenvalue weighted by molar-refractivity contribution is 1.02. The van der Waals surface area contributed by atoms with Crippen LogP contribution in [-0.4, -0.2) is 4.98 Å². The number of hydrogen-bond acceptors (Lipinski definition) is 1. The van der Waals surface area contributed by atoms with Crippen LogP contribution in [0.15, 0.2) is 48.5 Å². The molecule has 1 nitrogen and oxygen atoms in total. The summed E-state index contributed by atoms with van der Waals surface area (Å²) in [6.07, 6.45) is 3.38. The van der Waals surface area contributed by atoms with E-state index in [2.05, 4.69) is 55.5 Å². The zero-order valence-corrected chi connectivity index (χ0v) is 13.9. The molecule has 0 bridgehead atoms. The standard InChI is InChI=1S/C21H17N.ClH/c1-2-15-16-7-3-4-9-19(16)22-21-17-8-5-6-13-10-11-14(20(13)17)12-18(15)21;/h3-9,12H,2,10-11H2,1H3;1H. The van der Waals surface area contributed by atoms with Crippen molar-refractivity contribution in [3.05, 3.63) is 65.2 Å². The highest BCUT2D eigenvalue weighted by atomic mass is 35.5. The number of fused-ring (bicyclic) bond motifs is 3. The molecule has 23 heavy (non-hydrogen) atoms. The van der Waals surface area contributed by atoms with Crippen LogP contribution in [-0.2, 0) is 19.3 Å². The minimum Gasteiger partial charge on any atom is -0.247 e. The number of halogens is 1. The topological polar surface area (TPSA) is 12.9 Å². The van der Waals surface area contributed by atoms with Gasteiger partial charge in [-0.05, 0) is 53.5 Å². The van der Waals surface area contributed by atoms with Crippen LogP contribution in [0.3, 0.4) is 0 Å². The molecule has 1 aromatic heterocycles. The first kappa shape index (κ1) is 14.5. The zero-order chi connectivity index (χ0) is 14.7. The largest absolute Gasteiger partial charge is 0.247 e. The Morgan fingerprint density at radius 1 is 0.870 bits per heavy atom. The van der Waals surface area contributed by atoms with Crippen molar-refractivity contribution in [2.75, 3.05) is 0 Å². The van der Waals surface area contributed by atoms with Crippen molar-refractivity contribution in [3.8, 4) is 0 Å². The summed E-state index contributed by atoms with van der Waals surface area (Å²) in [6.45, 7) is 2.25. The second kappa shape index (κ2) is 5.21. The van der Waals surface area contributed by atoms with Crippen molar-refractivity contribution >= 4 is 45.0 Å². The summed E-state index contributed by atoms with van der Waals surface area (Å²) in [5, 5.41) is 5.45. The maximum Gasteiger partial charge on any atom is 0.0791 e. The molecule has 0 fully saturated rings. The third kappa shape index (κ3) is 1.90. The number of para-hydroxylation sites is 1. The number of aromatic nitrogens is 1. The first-order valence-electron chi connectivity index (χ1n) is 8.11. The highest BCUT2D eigenvalue weighted by molar-refractivity contribution is 6.13. The molecule has 5 rings (SSSR count). The van der Waals surface area contributed by atoms with Gasteiger partial charge in [0, 0.05) is 16.2 Å². The summed E-state index contributed by atoms with van der Waals surface area (Å²) in [6, 6.07) is 17.7. The number of aryl methyl sites for hydroxylation is 3. The van der Waals surface area contributed by atoms with Crippen LogP contribution in [0.2, 0.25) is 0 Å². The Hall–Kier alpha value is -2.12. The lowest BCUT2D eigenvalue weighted by Crippen LogP contribution is -1.93. The van der Waals surface area contributed by atoms with E-state index in [1.165, 1.54) is 56.6 Å². The van der Waals surface area contributed by atoms with E-state index >= 15 is 0 Å². The Morgan fingerprint density at radius 2 is 1.65 bits per heavy atom. The second-order valence-corrected chi connectivity index (χ2v) is 6.23. The van der Waals surface area contributed by atoms with E-state index in [0.717, 1.165) is 11.9 Å². The van der Waals surface area contributed by atoms with Crippen molar-refractivity contribution in [3.63, 3.8) is 0 Å². The smallest absolute Gasteiger partial charge is 0.0791 e. The SMILES string of the molecule is CCc1c2ccccc2nc2c1cc1c3c(cccc32)CC1.Cl. The monoisotopic (exact) mass is 319 g/mol. The quantitative estimate of drug-likeness (QED) is 0.327. The van der Waals surface area contributed by atoms with Crippen LogP contribution in [0, 0.1) is 0 Å². The number of benzene rings is 3. The Labute approximate surface area is 141 Å². The molecule has 1 aliphatic carbocycles. The van der Waals surface area contributed by atoms with Crippen molar-refractivity contribution in [1.82, 2.24) is 4.98 Å². The van der Waals surface area contributed by atoms with E-state index in [9.17, 15) is 0 Å². The van der Waals surface area contributed by atoms with Gasteiger partial charge in [0.1, 0.15) is 0 Å². The molecule has 0 saturated carbocycles. The molecule has 0 unspecified atom stereocenters. The fourth-order valence-corrected chi connectivity index (χ4v) is 4.13. The van der Waals surface area contributed by atoms with Gasteiger partial charge in [0.15, 0.2) is 0 Å². The molecular weight excluding hydrogens is 302 g/mol. The highest BCUT2D eigenvalue weighted by Crippen LogP contribution is 2.38. The summed E-state index contributed by atoms with van der Waals surface area (Å²) >= 11 is 0. The fraction of sp³-hybridized carbons (Fsp3) is 0.190. The lowest BCUT2D eigenvalue weighted by atomic mass is 9.95. The molecule has 0 N–H and O–H groups in total. The van der Waals surface area contributed by atoms with Gasteiger partial charge in [-0.25, -0.2) is 4.98 Å². The number of pyridine rings is 1. The fourth-order valence-electron chi connectivity index (χ4n) is 4.13. The minimum absolute atomic E-state index is 0. The van der Waals surface area contributed by atoms with Crippen LogP contribution in [0.4, 0.5) is 0 Å². The molecule has 3 aromatic carbocycles. The molecule has 1 heterocycles. The van der Waals surface area contributed by atoms with Crippen LogP contribution in [0.25, 0.3) is 32.6 Å². The molecule has 0 radical (unpaired) electrons. The first-order valence-corrected chi connectivity index (χ1v) is 8.11. The van der Waals surface area contributed by atoms with E-state index in [1.54, 1.807) is 0 Å². The lowest BCUT2D eigenvalue weighted by Gasteiger charge is -2.12. The van der Waals surface area contributed by atoms with Crippen LogP contribution in [0.1, 0.15) is 23.6 Å². The van der Waals surface area contributed by atoms with Crippen LogP contribution in [0.5, 0.6) is 0 Å². The molecule has 4 aromatic rings. The van der Waals surface area contributed by atoms with Gasteiger partial charge in [-0.2, -0.15) is 0 Å². The van der Waals surface area contributed by atoms with Gasteiger partial charge in [0.05, 0.1) is 11.0 Å². The highest BCUT2D eigenvalue weighted by Gasteiger charge is 2.18. The predicted octanol–water partition coefficient (Wildman–Crippen LogP) is 5.62. The van der Waals surface area contributed by atoms with E-state index in [-0.39, 0.29) is 12.4 Å². The molecule has 0 saturated heterocycles. The number of rotatable bonds is 1. The van der Waals surface area contributed by atoms with Crippen molar-refractivity contribution in [2.24, 2.45) is 0 Å². The first-order chi connectivity index (χ1) is 10.9. The van der Waals surface area contributed by atoms with Crippen LogP contribution < -0.4 is 0 Å². The third-order valence-corrected chi connectivity index (χ3v) is 5.10. The van der Waals surface area contributed by atoms with Crippen LogP contribution >= 0.6 is 12.4 Å². The van der Waals surface area contributed by atoms with Gasteiger partial charge in [-0.3, -0.25) is 0 Å². The summed E-state index contributed by atoms with van der Waals surface area (Å²) in [4.78, 5) is 5.02. The number of nitrogens with zero attached hydrogens (tertiary/aromatic N) is 1. The average molecular weight is 320 g/mol. The molecule has 0 aliphatic heterocycles. The molecule has 1 aliphatic rings. The van der Waals surface area contributed by atoms with Crippen molar-refractivity contribution in [1.29, 1.82) is 0 Å². The van der Waals surface area contributed by atoms with Gasteiger partial charge in [0.2, 0.25) is 0 Å². The van der Waals surface area contributed by atoms with Gasteiger partial charge < -0.3 is 0 Å². The number of hydrogen-bond donors (Lipinski definition) is 0. The molecule has 114 valence electrons. The van der Waals surface area contributed by atoms with E-state index in [1.807, 2.05) is 0 Å². The maximum absolute atomic E-state index is 5.02. The zero-order valence-electron chi connectivity index (χ0n) is 13.1. The Bertz CT molecular complexity index is 1070. The van der Waals surface area contributed by atoms with E-state index < -0.39 is 0 Å². The minimum atomic E-state index is 0. The predicted molar refractivity (Wildman–Crippen MR) is 101 cm³/mol. The Morgan fingerprint density at radius 3 is 2.52 bits per heavy atom. The average Bonchev–Trinajstić information content (AvgIpc) is 2.98. The van der Waals surface area contributed by atoms with Gasteiger partial charge in [-0.1, -0.05) is 43.3 Å². The van der Waals surface area contributed by atoms with Crippen molar-refractivity contribution in [2.45, 2.75) is 26.2 Å². The Kier molecular flexibility index (Phi) is 3.28. The van der Waals surface area contributed by atoms with Gasteiger partial charge >= 0.3 is 0 Å². The summed E-state index contributed by atoms with van der Waals surface area (Å²) in [5.74, 6) is 0. The molecule has 0 amide bonds. The molecule has 0 atom stereocenters. The molecule has 2 heteroatoms.